The maximum absolute atomic E-state index is 13.1. The summed E-state index contributed by atoms with van der Waals surface area (Å²) in [4.78, 5) is 26.1. The fourth-order valence-corrected chi connectivity index (χ4v) is 3.28. The van der Waals surface area contributed by atoms with E-state index in [9.17, 15) is 9.59 Å². The van der Waals surface area contributed by atoms with Crippen molar-refractivity contribution in [2.45, 2.75) is 13.8 Å². The van der Waals surface area contributed by atoms with Crippen LogP contribution < -0.4 is 24.8 Å². The Morgan fingerprint density at radius 1 is 0.909 bits per heavy atom. The maximum Gasteiger partial charge on any atom is 0.272 e. The Hall–Kier alpha value is -4.26. The largest absolute Gasteiger partial charge is 0.497 e. The zero-order chi connectivity index (χ0) is 23.4. The minimum absolute atomic E-state index is 0.0907. The van der Waals surface area contributed by atoms with Crippen LogP contribution in [0.2, 0.25) is 0 Å². The predicted molar refractivity (Wildman–Crippen MR) is 126 cm³/mol. The summed E-state index contributed by atoms with van der Waals surface area (Å²) >= 11 is 0. The highest BCUT2D eigenvalue weighted by molar-refractivity contribution is 6.10. The minimum atomic E-state index is -0.463. The molecule has 168 valence electrons. The van der Waals surface area contributed by atoms with Crippen LogP contribution in [0.1, 0.15) is 27.0 Å². The van der Waals surface area contributed by atoms with Crippen molar-refractivity contribution in [1.29, 1.82) is 0 Å². The van der Waals surface area contributed by atoms with Gasteiger partial charge in [0.2, 0.25) is 6.79 Å². The molecule has 1 aliphatic rings. The standard InChI is InChI=1S/C26H24N2O5/c1-16-4-6-19(12-17(16)2)25(29)28-22(13-18-5-11-23-24(14-18)33-15-32-23)26(30)27-20-7-9-21(31-3)10-8-20/h4-14H,15H2,1-3H3,(H,27,30)(H,28,29)/b22-13+. The molecule has 0 atom stereocenters. The second-order valence-electron chi connectivity index (χ2n) is 7.61. The number of ether oxygens (including phenoxy) is 3. The lowest BCUT2D eigenvalue weighted by atomic mass is 10.1. The van der Waals surface area contributed by atoms with Crippen LogP contribution in [-0.4, -0.2) is 25.7 Å². The van der Waals surface area contributed by atoms with E-state index in [2.05, 4.69) is 10.6 Å². The number of nitrogens with one attached hydrogen (secondary N) is 2. The summed E-state index contributed by atoms with van der Waals surface area (Å²) in [6, 6.07) is 17.6. The van der Waals surface area contributed by atoms with Gasteiger partial charge in [-0.25, -0.2) is 0 Å². The lowest BCUT2D eigenvalue weighted by Gasteiger charge is -2.12. The number of methoxy groups -OCH3 is 1. The van der Waals surface area contributed by atoms with Crippen molar-refractivity contribution in [3.8, 4) is 17.2 Å². The van der Waals surface area contributed by atoms with Crippen molar-refractivity contribution in [3.05, 3.63) is 88.6 Å². The number of anilines is 1. The van der Waals surface area contributed by atoms with E-state index in [1.807, 2.05) is 19.9 Å². The first kappa shape index (κ1) is 22.0. The Bertz CT molecular complexity index is 1230. The van der Waals surface area contributed by atoms with E-state index < -0.39 is 5.91 Å². The quantitative estimate of drug-likeness (QED) is 0.549. The summed E-state index contributed by atoms with van der Waals surface area (Å²) in [6.45, 7) is 4.06. The lowest BCUT2D eigenvalue weighted by Crippen LogP contribution is -2.30. The number of aryl methyl sites for hydroxylation is 2. The van der Waals surface area contributed by atoms with Gasteiger partial charge in [-0.15, -0.1) is 0 Å². The summed E-state index contributed by atoms with van der Waals surface area (Å²) in [7, 11) is 1.57. The zero-order valence-electron chi connectivity index (χ0n) is 18.6. The third kappa shape index (κ3) is 5.15. The number of carbonyl (C=O) groups excluding carboxylic acids is 2. The molecular formula is C26H24N2O5. The highest BCUT2D eigenvalue weighted by atomic mass is 16.7. The van der Waals surface area contributed by atoms with Gasteiger partial charge in [0.05, 0.1) is 7.11 Å². The van der Waals surface area contributed by atoms with Crippen LogP contribution in [0.15, 0.2) is 66.4 Å². The minimum Gasteiger partial charge on any atom is -0.497 e. The van der Waals surface area contributed by atoms with Crippen molar-refractivity contribution < 1.29 is 23.8 Å². The monoisotopic (exact) mass is 444 g/mol. The summed E-state index contributed by atoms with van der Waals surface area (Å²) in [5.41, 5.74) is 3.88. The summed E-state index contributed by atoms with van der Waals surface area (Å²) in [6.07, 6.45) is 1.60. The summed E-state index contributed by atoms with van der Waals surface area (Å²) in [5, 5.41) is 5.56. The van der Waals surface area contributed by atoms with E-state index in [4.69, 9.17) is 14.2 Å². The molecule has 0 saturated carbocycles. The molecule has 0 aromatic heterocycles. The highest BCUT2D eigenvalue weighted by Gasteiger charge is 2.17. The Kier molecular flexibility index (Phi) is 6.31. The molecule has 2 amide bonds. The van der Waals surface area contributed by atoms with Crippen LogP contribution in [-0.2, 0) is 4.79 Å². The fourth-order valence-electron chi connectivity index (χ4n) is 3.28. The molecular weight excluding hydrogens is 420 g/mol. The van der Waals surface area contributed by atoms with Gasteiger partial charge in [-0.3, -0.25) is 9.59 Å². The number of hydrogen-bond acceptors (Lipinski definition) is 5. The zero-order valence-corrected chi connectivity index (χ0v) is 18.6. The molecule has 7 heteroatoms. The van der Waals surface area contributed by atoms with Crippen molar-refractivity contribution in [3.63, 3.8) is 0 Å². The van der Waals surface area contributed by atoms with Gasteiger partial charge in [-0.2, -0.15) is 0 Å². The first-order valence-corrected chi connectivity index (χ1v) is 10.4. The van der Waals surface area contributed by atoms with Gasteiger partial charge in [0, 0.05) is 11.3 Å². The van der Waals surface area contributed by atoms with E-state index in [0.717, 1.165) is 11.1 Å². The second-order valence-corrected chi connectivity index (χ2v) is 7.61. The van der Waals surface area contributed by atoms with Crippen LogP contribution in [0.25, 0.3) is 6.08 Å². The van der Waals surface area contributed by atoms with E-state index in [0.29, 0.717) is 34.1 Å². The van der Waals surface area contributed by atoms with Crippen LogP contribution in [0, 0.1) is 13.8 Å². The van der Waals surface area contributed by atoms with Gasteiger partial charge in [-0.05, 0) is 85.1 Å². The van der Waals surface area contributed by atoms with Crippen LogP contribution in [0.3, 0.4) is 0 Å². The van der Waals surface area contributed by atoms with E-state index in [1.165, 1.54) is 0 Å². The average molecular weight is 444 g/mol. The van der Waals surface area contributed by atoms with Gasteiger partial charge in [0.15, 0.2) is 11.5 Å². The summed E-state index contributed by atoms with van der Waals surface area (Å²) < 4.78 is 15.9. The molecule has 0 saturated heterocycles. The van der Waals surface area contributed by atoms with Crippen molar-refractivity contribution in [2.24, 2.45) is 0 Å². The molecule has 1 aliphatic heterocycles. The molecule has 3 aromatic rings. The van der Waals surface area contributed by atoms with Crippen LogP contribution >= 0.6 is 0 Å². The van der Waals surface area contributed by atoms with Crippen LogP contribution in [0.5, 0.6) is 17.2 Å². The van der Waals surface area contributed by atoms with E-state index in [-0.39, 0.29) is 18.4 Å². The Labute approximate surface area is 192 Å². The third-order valence-electron chi connectivity index (χ3n) is 5.32. The number of carbonyl (C=O) groups is 2. The number of benzene rings is 3. The summed E-state index contributed by atoms with van der Waals surface area (Å²) in [5.74, 6) is 1.05. The van der Waals surface area contributed by atoms with Gasteiger partial charge in [0.25, 0.3) is 11.8 Å². The van der Waals surface area contributed by atoms with Crippen molar-refractivity contribution >= 4 is 23.6 Å². The SMILES string of the molecule is COc1ccc(NC(=O)/C(=C\c2ccc3c(c2)OCO3)NC(=O)c2ccc(C)c(C)c2)cc1. The molecule has 0 unspecified atom stereocenters. The van der Waals surface area contributed by atoms with Crippen molar-refractivity contribution in [1.82, 2.24) is 5.32 Å². The fraction of sp³-hybridized carbons (Fsp3) is 0.154. The number of hydrogen-bond donors (Lipinski definition) is 2. The predicted octanol–water partition coefficient (Wildman–Crippen LogP) is 4.45. The average Bonchev–Trinajstić information content (AvgIpc) is 3.28. The molecule has 1 heterocycles. The Morgan fingerprint density at radius 3 is 2.39 bits per heavy atom. The molecule has 0 radical (unpaired) electrons. The molecule has 4 rings (SSSR count). The molecule has 0 spiro atoms. The normalized spacial score (nSPS) is 12.3. The van der Waals surface area contributed by atoms with Gasteiger partial charge < -0.3 is 24.8 Å². The number of rotatable bonds is 6. The Balaban J connectivity index is 1.62. The smallest absolute Gasteiger partial charge is 0.272 e. The second kappa shape index (κ2) is 9.48. The van der Waals surface area contributed by atoms with Crippen LogP contribution in [0.4, 0.5) is 5.69 Å². The first-order chi connectivity index (χ1) is 15.9. The van der Waals surface area contributed by atoms with Gasteiger partial charge in [0.1, 0.15) is 11.4 Å². The molecule has 7 nitrogen and oxygen atoms in total. The lowest BCUT2D eigenvalue weighted by molar-refractivity contribution is -0.113. The highest BCUT2D eigenvalue weighted by Crippen LogP contribution is 2.33. The number of amides is 2. The topological polar surface area (TPSA) is 85.9 Å². The van der Waals surface area contributed by atoms with Crippen molar-refractivity contribution in [2.75, 3.05) is 19.2 Å². The molecule has 33 heavy (non-hydrogen) atoms. The van der Waals surface area contributed by atoms with Gasteiger partial charge in [-0.1, -0.05) is 12.1 Å². The molecule has 0 fully saturated rings. The molecule has 0 bridgehead atoms. The first-order valence-electron chi connectivity index (χ1n) is 10.4. The van der Waals surface area contributed by atoms with E-state index in [1.54, 1.807) is 67.8 Å². The molecule has 3 aromatic carbocycles. The molecule has 2 N–H and O–H groups in total. The maximum atomic E-state index is 13.1. The van der Waals surface area contributed by atoms with Gasteiger partial charge >= 0.3 is 0 Å². The third-order valence-corrected chi connectivity index (χ3v) is 5.32. The number of fused-ring (bicyclic) bond motifs is 1. The Morgan fingerprint density at radius 2 is 1.67 bits per heavy atom. The van der Waals surface area contributed by atoms with E-state index >= 15 is 0 Å². The molecule has 0 aliphatic carbocycles.